The van der Waals surface area contributed by atoms with Crippen LogP contribution in [0.25, 0.3) is 11.3 Å². The number of hydrogen-bond donors (Lipinski definition) is 1. The van der Waals surface area contributed by atoms with Gasteiger partial charge in [-0.25, -0.2) is 0 Å². The number of carbonyl (C=O) groups is 1. The van der Waals surface area contributed by atoms with Gasteiger partial charge in [0.1, 0.15) is 22.9 Å². The number of nitrogens with one attached hydrogen (secondary N) is 1. The fraction of sp³-hybridized carbons (Fsp3) is 0.154. The summed E-state index contributed by atoms with van der Waals surface area (Å²) in [6, 6.07) is 20.6. The zero-order valence-corrected chi connectivity index (χ0v) is 19.8. The van der Waals surface area contributed by atoms with Crippen LogP contribution in [0.5, 0.6) is 17.2 Å². The number of rotatable bonds is 8. The number of para-hydroxylation sites is 1. The molecule has 4 aromatic rings. The molecule has 174 valence electrons. The van der Waals surface area contributed by atoms with E-state index < -0.39 is 0 Å². The van der Waals surface area contributed by atoms with Gasteiger partial charge in [-0.3, -0.25) is 9.48 Å². The molecule has 0 aliphatic rings. The van der Waals surface area contributed by atoms with E-state index in [9.17, 15) is 4.79 Å². The van der Waals surface area contributed by atoms with E-state index in [1.54, 1.807) is 30.1 Å². The van der Waals surface area contributed by atoms with Crippen LogP contribution < -0.4 is 19.5 Å². The summed E-state index contributed by atoms with van der Waals surface area (Å²) in [5.41, 5.74) is 3.09. The van der Waals surface area contributed by atoms with E-state index in [1.807, 2.05) is 54.6 Å². The van der Waals surface area contributed by atoms with Crippen LogP contribution in [0.1, 0.15) is 15.9 Å². The summed E-state index contributed by atoms with van der Waals surface area (Å²) in [7, 11) is 4.60. The molecule has 8 heteroatoms. The first-order chi connectivity index (χ1) is 16.5. The summed E-state index contributed by atoms with van der Waals surface area (Å²) in [4.78, 5) is 13.5. The van der Waals surface area contributed by atoms with E-state index in [0.717, 1.165) is 5.56 Å². The summed E-state index contributed by atoms with van der Waals surface area (Å²) in [5, 5.41) is 8.02. The number of carbonyl (C=O) groups excluding carboxylic acids is 1. The van der Waals surface area contributed by atoms with Gasteiger partial charge in [0.2, 0.25) is 0 Å². The van der Waals surface area contributed by atoms with Crippen LogP contribution in [-0.2, 0) is 6.54 Å². The molecular weight excluding hydrogens is 454 g/mol. The van der Waals surface area contributed by atoms with Gasteiger partial charge in [0, 0.05) is 23.9 Å². The monoisotopic (exact) mass is 477 g/mol. The Hall–Kier alpha value is -3.97. The van der Waals surface area contributed by atoms with Crippen LogP contribution in [0.15, 0.2) is 72.9 Å². The highest BCUT2D eigenvalue weighted by Gasteiger charge is 2.22. The fourth-order valence-electron chi connectivity index (χ4n) is 3.63. The predicted molar refractivity (Wildman–Crippen MR) is 132 cm³/mol. The summed E-state index contributed by atoms with van der Waals surface area (Å²) in [6.07, 6.45) is 1.73. The Morgan fingerprint density at radius 3 is 2.29 bits per heavy atom. The molecule has 34 heavy (non-hydrogen) atoms. The van der Waals surface area contributed by atoms with Gasteiger partial charge in [-0.2, -0.15) is 5.10 Å². The molecule has 3 aromatic carbocycles. The predicted octanol–water partition coefficient (Wildman–Crippen LogP) is 5.53. The number of halogens is 1. The Morgan fingerprint density at radius 1 is 0.912 bits per heavy atom. The smallest absolute Gasteiger partial charge is 0.259 e. The lowest BCUT2D eigenvalue weighted by atomic mass is 10.1. The standard InChI is InChI=1S/C26H24ClN3O4/c1-32-22-12-8-7-11-18(22)25-19(16-30(29-25)15-17-9-5-4-6-10-17)26(31)28-21-14-23(33-2)20(27)13-24(21)34-3/h4-14,16H,15H2,1-3H3,(H,28,31). The van der Waals surface area contributed by atoms with Crippen LogP contribution in [0.3, 0.4) is 0 Å². The largest absolute Gasteiger partial charge is 0.496 e. The summed E-state index contributed by atoms with van der Waals surface area (Å²) in [6.45, 7) is 0.508. The highest BCUT2D eigenvalue weighted by molar-refractivity contribution is 6.32. The first kappa shape index (κ1) is 23.2. The van der Waals surface area contributed by atoms with Gasteiger partial charge in [0.25, 0.3) is 5.91 Å². The lowest BCUT2D eigenvalue weighted by Crippen LogP contribution is -2.13. The second-order valence-corrected chi connectivity index (χ2v) is 7.82. The average Bonchev–Trinajstić information content (AvgIpc) is 3.29. The zero-order chi connectivity index (χ0) is 24.1. The third kappa shape index (κ3) is 4.84. The first-order valence-electron chi connectivity index (χ1n) is 10.5. The Morgan fingerprint density at radius 2 is 1.59 bits per heavy atom. The topological polar surface area (TPSA) is 74.6 Å². The second-order valence-electron chi connectivity index (χ2n) is 7.42. The van der Waals surface area contributed by atoms with Crippen molar-refractivity contribution in [2.75, 3.05) is 26.6 Å². The molecule has 0 atom stereocenters. The molecule has 1 aromatic heterocycles. The zero-order valence-electron chi connectivity index (χ0n) is 19.0. The van der Waals surface area contributed by atoms with Crippen molar-refractivity contribution in [3.8, 4) is 28.5 Å². The molecule has 1 heterocycles. The normalized spacial score (nSPS) is 10.6. The lowest BCUT2D eigenvalue weighted by molar-refractivity contribution is 0.102. The van der Waals surface area contributed by atoms with Gasteiger partial charge in [-0.05, 0) is 17.7 Å². The van der Waals surface area contributed by atoms with E-state index in [2.05, 4.69) is 5.32 Å². The number of nitrogens with zero attached hydrogens (tertiary/aromatic N) is 2. The maximum Gasteiger partial charge on any atom is 0.259 e. The third-order valence-corrected chi connectivity index (χ3v) is 5.57. The molecule has 7 nitrogen and oxygen atoms in total. The molecule has 0 radical (unpaired) electrons. The highest BCUT2D eigenvalue weighted by Crippen LogP contribution is 2.37. The molecule has 1 N–H and O–H groups in total. The van der Waals surface area contributed by atoms with E-state index in [1.165, 1.54) is 14.2 Å². The molecule has 4 rings (SSSR count). The molecule has 0 spiro atoms. The van der Waals surface area contributed by atoms with E-state index in [0.29, 0.717) is 51.3 Å². The Bertz CT molecular complexity index is 1300. The van der Waals surface area contributed by atoms with Gasteiger partial charge >= 0.3 is 0 Å². The number of amides is 1. The summed E-state index contributed by atoms with van der Waals surface area (Å²) >= 11 is 6.21. The molecule has 0 saturated carbocycles. The van der Waals surface area contributed by atoms with Crippen molar-refractivity contribution in [1.82, 2.24) is 9.78 Å². The van der Waals surface area contributed by atoms with Crippen molar-refractivity contribution >= 4 is 23.2 Å². The number of hydrogen-bond acceptors (Lipinski definition) is 5. The number of anilines is 1. The number of methoxy groups -OCH3 is 3. The van der Waals surface area contributed by atoms with E-state index in [-0.39, 0.29) is 5.91 Å². The van der Waals surface area contributed by atoms with Crippen LogP contribution in [0.2, 0.25) is 5.02 Å². The summed E-state index contributed by atoms with van der Waals surface area (Å²) in [5.74, 6) is 1.09. The molecule has 1 amide bonds. The maximum absolute atomic E-state index is 13.5. The van der Waals surface area contributed by atoms with Gasteiger partial charge in [0.05, 0.1) is 44.1 Å². The Balaban J connectivity index is 1.76. The van der Waals surface area contributed by atoms with Gasteiger partial charge < -0.3 is 19.5 Å². The van der Waals surface area contributed by atoms with E-state index >= 15 is 0 Å². The quantitative estimate of drug-likeness (QED) is 0.361. The minimum Gasteiger partial charge on any atom is -0.496 e. The maximum atomic E-state index is 13.5. The molecular formula is C26H24ClN3O4. The number of aromatic nitrogens is 2. The van der Waals surface area contributed by atoms with Crippen molar-refractivity contribution in [1.29, 1.82) is 0 Å². The average molecular weight is 478 g/mol. The molecule has 0 aliphatic heterocycles. The van der Waals surface area contributed by atoms with E-state index in [4.69, 9.17) is 30.9 Å². The highest BCUT2D eigenvalue weighted by atomic mass is 35.5. The SMILES string of the molecule is COc1cc(NC(=O)c2cn(Cc3ccccc3)nc2-c2ccccc2OC)c(OC)cc1Cl. The van der Waals surface area contributed by atoms with Crippen LogP contribution >= 0.6 is 11.6 Å². The molecule has 0 unspecified atom stereocenters. The molecule has 0 aliphatic carbocycles. The van der Waals surface area contributed by atoms with Crippen molar-refractivity contribution in [2.45, 2.75) is 6.54 Å². The van der Waals surface area contributed by atoms with Crippen LogP contribution in [0, 0.1) is 0 Å². The number of benzene rings is 3. The van der Waals surface area contributed by atoms with Gasteiger partial charge in [-0.15, -0.1) is 0 Å². The lowest BCUT2D eigenvalue weighted by Gasteiger charge is -2.13. The summed E-state index contributed by atoms with van der Waals surface area (Å²) < 4.78 is 18.0. The van der Waals surface area contributed by atoms with Gasteiger partial charge in [0.15, 0.2) is 0 Å². The number of ether oxygens (including phenoxy) is 3. The van der Waals surface area contributed by atoms with Crippen molar-refractivity contribution < 1.29 is 19.0 Å². The van der Waals surface area contributed by atoms with Crippen LogP contribution in [-0.4, -0.2) is 37.0 Å². The first-order valence-corrected chi connectivity index (χ1v) is 10.9. The van der Waals surface area contributed by atoms with Crippen molar-refractivity contribution in [2.24, 2.45) is 0 Å². The second kappa shape index (κ2) is 10.3. The third-order valence-electron chi connectivity index (χ3n) is 5.28. The van der Waals surface area contributed by atoms with Crippen LogP contribution in [0.4, 0.5) is 5.69 Å². The Kier molecular flexibility index (Phi) is 7.04. The minimum absolute atomic E-state index is 0.358. The molecule has 0 bridgehead atoms. The van der Waals surface area contributed by atoms with Crippen molar-refractivity contribution in [3.05, 3.63) is 89.1 Å². The van der Waals surface area contributed by atoms with Gasteiger partial charge in [-0.1, -0.05) is 54.1 Å². The fourth-order valence-corrected chi connectivity index (χ4v) is 3.86. The minimum atomic E-state index is -0.358. The molecule has 0 fully saturated rings. The molecule has 0 saturated heterocycles. The Labute approximate surface area is 202 Å². The van der Waals surface area contributed by atoms with Crippen molar-refractivity contribution in [3.63, 3.8) is 0 Å².